The van der Waals surface area contributed by atoms with Crippen LogP contribution >= 0.6 is 15.9 Å². The van der Waals surface area contributed by atoms with E-state index < -0.39 is 5.60 Å². The van der Waals surface area contributed by atoms with Gasteiger partial charge in [0.2, 0.25) is 0 Å². The van der Waals surface area contributed by atoms with Gasteiger partial charge in [-0.05, 0) is 49.3 Å². The monoisotopic (exact) mass is 314 g/mol. The van der Waals surface area contributed by atoms with Crippen molar-refractivity contribution in [3.8, 4) is 0 Å². The van der Waals surface area contributed by atoms with Crippen LogP contribution in [-0.2, 0) is 6.42 Å². The lowest BCUT2D eigenvalue weighted by Gasteiger charge is -2.36. The van der Waals surface area contributed by atoms with E-state index in [2.05, 4.69) is 22.9 Å². The standard InChI is InChI=1S/C15H20BrFO/c1-2-11-5-7-15(18,8-6-11)10-12-3-4-13(16)9-14(12)17/h3-4,9,11,18H,2,5-8,10H2,1H3. The van der Waals surface area contributed by atoms with Crippen LogP contribution in [0.4, 0.5) is 4.39 Å². The minimum atomic E-state index is -0.708. The quantitative estimate of drug-likeness (QED) is 0.873. The summed E-state index contributed by atoms with van der Waals surface area (Å²) in [6.45, 7) is 2.20. The van der Waals surface area contributed by atoms with E-state index in [1.165, 1.54) is 12.5 Å². The van der Waals surface area contributed by atoms with Gasteiger partial charge in [0.05, 0.1) is 5.60 Å². The van der Waals surface area contributed by atoms with Gasteiger partial charge in [-0.15, -0.1) is 0 Å². The van der Waals surface area contributed by atoms with Crippen molar-refractivity contribution in [1.29, 1.82) is 0 Å². The van der Waals surface area contributed by atoms with Crippen molar-refractivity contribution in [2.75, 3.05) is 0 Å². The van der Waals surface area contributed by atoms with Crippen LogP contribution in [0, 0.1) is 11.7 Å². The highest BCUT2D eigenvalue weighted by atomic mass is 79.9. The molecule has 2 rings (SSSR count). The van der Waals surface area contributed by atoms with Gasteiger partial charge in [-0.1, -0.05) is 35.3 Å². The molecule has 1 aromatic rings. The topological polar surface area (TPSA) is 20.2 Å². The Bertz CT molecular complexity index is 411. The fraction of sp³-hybridized carbons (Fsp3) is 0.600. The summed E-state index contributed by atoms with van der Waals surface area (Å²) in [4.78, 5) is 0. The van der Waals surface area contributed by atoms with E-state index in [-0.39, 0.29) is 5.82 Å². The number of rotatable bonds is 3. The SMILES string of the molecule is CCC1CCC(O)(Cc2ccc(Br)cc2F)CC1. The molecule has 1 aliphatic carbocycles. The molecule has 1 aliphatic rings. The molecular formula is C15H20BrFO. The van der Waals surface area contributed by atoms with Crippen molar-refractivity contribution in [3.63, 3.8) is 0 Å². The zero-order valence-corrected chi connectivity index (χ0v) is 12.3. The highest BCUT2D eigenvalue weighted by Gasteiger charge is 2.33. The summed E-state index contributed by atoms with van der Waals surface area (Å²) in [5.74, 6) is 0.510. The smallest absolute Gasteiger partial charge is 0.127 e. The van der Waals surface area contributed by atoms with Crippen LogP contribution in [0.5, 0.6) is 0 Å². The molecule has 0 saturated heterocycles. The molecule has 0 aromatic heterocycles. The summed E-state index contributed by atoms with van der Waals surface area (Å²) < 4.78 is 14.5. The van der Waals surface area contributed by atoms with Gasteiger partial charge in [-0.25, -0.2) is 4.39 Å². The lowest BCUT2D eigenvalue weighted by Crippen LogP contribution is -2.36. The second-order valence-corrected chi connectivity index (χ2v) is 6.40. The third-order valence-electron chi connectivity index (χ3n) is 4.15. The van der Waals surface area contributed by atoms with Crippen molar-refractivity contribution in [2.24, 2.45) is 5.92 Å². The lowest BCUT2D eigenvalue weighted by molar-refractivity contribution is -0.00984. The Morgan fingerprint density at radius 3 is 2.61 bits per heavy atom. The third-order valence-corrected chi connectivity index (χ3v) is 4.64. The molecular weight excluding hydrogens is 295 g/mol. The van der Waals surface area contributed by atoms with Gasteiger partial charge in [0.25, 0.3) is 0 Å². The summed E-state index contributed by atoms with van der Waals surface area (Å²) in [6, 6.07) is 5.07. The predicted molar refractivity (Wildman–Crippen MR) is 75.0 cm³/mol. The van der Waals surface area contributed by atoms with Crippen molar-refractivity contribution >= 4 is 15.9 Å². The zero-order valence-electron chi connectivity index (χ0n) is 10.8. The molecule has 0 heterocycles. The fourth-order valence-corrected chi connectivity index (χ4v) is 3.15. The molecule has 0 spiro atoms. The second-order valence-electron chi connectivity index (χ2n) is 5.49. The first kappa shape index (κ1) is 14.0. The van der Waals surface area contributed by atoms with Crippen LogP contribution in [0.1, 0.15) is 44.6 Å². The van der Waals surface area contributed by atoms with Crippen LogP contribution < -0.4 is 0 Å². The molecule has 1 fully saturated rings. The maximum absolute atomic E-state index is 13.8. The summed E-state index contributed by atoms with van der Waals surface area (Å²) >= 11 is 3.25. The van der Waals surface area contributed by atoms with Gasteiger partial charge in [0.1, 0.15) is 5.82 Å². The average molecular weight is 315 g/mol. The van der Waals surface area contributed by atoms with Crippen molar-refractivity contribution in [3.05, 3.63) is 34.1 Å². The normalized spacial score (nSPS) is 28.3. The molecule has 1 nitrogen and oxygen atoms in total. The Kier molecular flexibility index (Phi) is 4.44. The Labute approximate surface area is 117 Å². The van der Waals surface area contributed by atoms with Crippen LogP contribution in [-0.4, -0.2) is 10.7 Å². The molecule has 1 aromatic carbocycles. The Hall–Kier alpha value is -0.410. The maximum atomic E-state index is 13.8. The Morgan fingerprint density at radius 2 is 2.06 bits per heavy atom. The fourth-order valence-electron chi connectivity index (χ4n) is 2.82. The Balaban J connectivity index is 2.04. The van der Waals surface area contributed by atoms with E-state index >= 15 is 0 Å². The minimum absolute atomic E-state index is 0.226. The molecule has 100 valence electrons. The van der Waals surface area contributed by atoms with Gasteiger partial charge < -0.3 is 5.11 Å². The van der Waals surface area contributed by atoms with Crippen LogP contribution in [0.2, 0.25) is 0 Å². The molecule has 0 amide bonds. The third kappa shape index (κ3) is 3.33. The van der Waals surface area contributed by atoms with E-state index in [9.17, 15) is 9.50 Å². The van der Waals surface area contributed by atoms with Crippen molar-refractivity contribution in [2.45, 2.75) is 51.0 Å². The molecule has 1 N–H and O–H groups in total. The molecule has 0 radical (unpaired) electrons. The summed E-state index contributed by atoms with van der Waals surface area (Å²) in [6.07, 6.45) is 5.32. The highest BCUT2D eigenvalue weighted by molar-refractivity contribution is 9.10. The predicted octanol–water partition coefficient (Wildman–Crippen LogP) is 4.46. The first-order valence-corrected chi connectivity index (χ1v) is 7.48. The lowest BCUT2D eigenvalue weighted by atomic mass is 9.75. The molecule has 1 saturated carbocycles. The van der Waals surface area contributed by atoms with Gasteiger partial charge in [0.15, 0.2) is 0 Å². The van der Waals surface area contributed by atoms with Gasteiger partial charge in [-0.3, -0.25) is 0 Å². The number of aliphatic hydroxyl groups is 1. The molecule has 0 atom stereocenters. The maximum Gasteiger partial charge on any atom is 0.127 e. The average Bonchev–Trinajstić information content (AvgIpc) is 2.34. The van der Waals surface area contributed by atoms with Crippen LogP contribution in [0.25, 0.3) is 0 Å². The van der Waals surface area contributed by atoms with Gasteiger partial charge in [0, 0.05) is 10.9 Å². The molecule has 3 heteroatoms. The largest absolute Gasteiger partial charge is 0.390 e. The Morgan fingerprint density at radius 1 is 1.39 bits per heavy atom. The molecule has 18 heavy (non-hydrogen) atoms. The van der Waals surface area contributed by atoms with E-state index in [1.54, 1.807) is 6.07 Å². The van der Waals surface area contributed by atoms with Crippen LogP contribution in [0.3, 0.4) is 0 Å². The number of hydrogen-bond donors (Lipinski definition) is 1. The van der Waals surface area contributed by atoms with Crippen molar-refractivity contribution < 1.29 is 9.50 Å². The molecule has 0 aliphatic heterocycles. The highest BCUT2D eigenvalue weighted by Crippen LogP contribution is 2.36. The van der Waals surface area contributed by atoms with E-state index in [0.717, 1.165) is 36.1 Å². The number of hydrogen-bond acceptors (Lipinski definition) is 1. The summed E-state index contributed by atoms with van der Waals surface area (Å²) in [5.41, 5.74) is -0.0870. The van der Waals surface area contributed by atoms with Gasteiger partial charge >= 0.3 is 0 Å². The number of halogens is 2. The first-order valence-electron chi connectivity index (χ1n) is 6.69. The zero-order chi connectivity index (χ0) is 13.2. The van der Waals surface area contributed by atoms with E-state index in [4.69, 9.17) is 0 Å². The molecule has 0 bridgehead atoms. The first-order chi connectivity index (χ1) is 8.52. The van der Waals surface area contributed by atoms with Crippen LogP contribution in [0.15, 0.2) is 22.7 Å². The van der Waals surface area contributed by atoms with Gasteiger partial charge in [-0.2, -0.15) is 0 Å². The molecule has 0 unspecified atom stereocenters. The summed E-state index contributed by atoms with van der Waals surface area (Å²) in [5, 5.41) is 10.6. The number of benzene rings is 1. The van der Waals surface area contributed by atoms with E-state index in [1.807, 2.05) is 6.07 Å². The van der Waals surface area contributed by atoms with Crippen molar-refractivity contribution in [1.82, 2.24) is 0 Å². The second kappa shape index (κ2) is 5.70. The minimum Gasteiger partial charge on any atom is -0.390 e. The van der Waals surface area contributed by atoms with E-state index in [0.29, 0.717) is 12.0 Å². The summed E-state index contributed by atoms with van der Waals surface area (Å²) in [7, 11) is 0.